The summed E-state index contributed by atoms with van der Waals surface area (Å²) in [5.41, 5.74) is 1.91. The van der Waals surface area contributed by atoms with Gasteiger partial charge in [0.15, 0.2) is 5.82 Å². The first-order valence-corrected chi connectivity index (χ1v) is 10.1. The average Bonchev–Trinajstić information content (AvgIpc) is 2.97. The van der Waals surface area contributed by atoms with Crippen molar-refractivity contribution in [1.82, 2.24) is 19.7 Å². The van der Waals surface area contributed by atoms with E-state index in [4.69, 9.17) is 11.6 Å². The van der Waals surface area contributed by atoms with Crippen molar-refractivity contribution in [3.63, 3.8) is 0 Å². The highest BCUT2D eigenvalue weighted by molar-refractivity contribution is 6.33. The maximum absolute atomic E-state index is 12.6. The summed E-state index contributed by atoms with van der Waals surface area (Å²) >= 11 is 6.46. The minimum absolute atomic E-state index is 0.226. The van der Waals surface area contributed by atoms with Crippen LogP contribution in [0.25, 0.3) is 11.4 Å². The highest BCUT2D eigenvalue weighted by atomic mass is 35.5. The Bertz CT molecular complexity index is 1030. The number of nitrogens with zero attached hydrogens (tertiary/aromatic N) is 5. The molecule has 8 heteroatoms. The second kappa shape index (κ2) is 8.21. The number of anilines is 2. The van der Waals surface area contributed by atoms with E-state index in [-0.39, 0.29) is 5.91 Å². The molecule has 3 aromatic rings. The third-order valence-electron chi connectivity index (χ3n) is 5.04. The summed E-state index contributed by atoms with van der Waals surface area (Å²) in [6, 6.07) is 8.98. The summed E-state index contributed by atoms with van der Waals surface area (Å²) in [5, 5.41) is 12.2. The highest BCUT2D eigenvalue weighted by Gasteiger charge is 2.19. The summed E-state index contributed by atoms with van der Waals surface area (Å²) in [6.45, 7) is 0.883. The number of aromatic nitrogens is 4. The second-order valence-corrected chi connectivity index (χ2v) is 7.76. The van der Waals surface area contributed by atoms with Crippen LogP contribution in [0.2, 0.25) is 5.02 Å². The minimum atomic E-state index is -0.226. The van der Waals surface area contributed by atoms with Gasteiger partial charge in [-0.05, 0) is 43.2 Å². The molecule has 0 saturated carbocycles. The molecule has 1 N–H and O–H groups in total. The standard InChI is InChI=1S/C21H23ClN6O/c1-27(2)18-10-7-14(13-23-18)21(29)24-15-8-9-17(22)16(12-15)20-26-25-19-6-4-3-5-11-28(19)20/h7-10,12-13H,3-6,11H2,1-2H3,(H,24,29). The molecular formula is C21H23ClN6O. The van der Waals surface area contributed by atoms with Crippen LogP contribution < -0.4 is 10.2 Å². The molecule has 1 aromatic carbocycles. The van der Waals surface area contributed by atoms with Crippen LogP contribution in [0, 0.1) is 0 Å². The Morgan fingerprint density at radius 3 is 2.76 bits per heavy atom. The van der Waals surface area contributed by atoms with Gasteiger partial charge >= 0.3 is 0 Å². The summed E-state index contributed by atoms with van der Waals surface area (Å²) in [4.78, 5) is 18.8. The van der Waals surface area contributed by atoms with Crippen molar-refractivity contribution in [2.45, 2.75) is 32.2 Å². The molecule has 150 valence electrons. The Balaban J connectivity index is 1.59. The van der Waals surface area contributed by atoms with E-state index >= 15 is 0 Å². The van der Waals surface area contributed by atoms with Crippen LogP contribution in [-0.2, 0) is 13.0 Å². The molecular weight excluding hydrogens is 388 g/mol. The third kappa shape index (κ3) is 4.10. The quantitative estimate of drug-likeness (QED) is 0.702. The molecule has 4 rings (SSSR count). The lowest BCUT2D eigenvalue weighted by atomic mass is 10.1. The lowest BCUT2D eigenvalue weighted by molar-refractivity contribution is 0.102. The molecule has 1 aliphatic heterocycles. The van der Waals surface area contributed by atoms with Crippen molar-refractivity contribution in [1.29, 1.82) is 0 Å². The van der Waals surface area contributed by atoms with E-state index < -0.39 is 0 Å². The van der Waals surface area contributed by atoms with E-state index in [1.54, 1.807) is 24.4 Å². The van der Waals surface area contributed by atoms with Gasteiger partial charge in [0.1, 0.15) is 11.6 Å². The Labute approximate surface area is 174 Å². The summed E-state index contributed by atoms with van der Waals surface area (Å²) in [7, 11) is 3.81. The van der Waals surface area contributed by atoms with Crippen molar-refractivity contribution in [2.24, 2.45) is 0 Å². The van der Waals surface area contributed by atoms with Crippen LogP contribution in [0.3, 0.4) is 0 Å². The average molecular weight is 411 g/mol. The minimum Gasteiger partial charge on any atom is -0.363 e. The van der Waals surface area contributed by atoms with E-state index in [0.29, 0.717) is 16.3 Å². The molecule has 0 unspecified atom stereocenters. The second-order valence-electron chi connectivity index (χ2n) is 7.35. The maximum atomic E-state index is 12.6. The molecule has 0 spiro atoms. The lowest BCUT2D eigenvalue weighted by Gasteiger charge is -2.12. The first-order chi connectivity index (χ1) is 14.0. The van der Waals surface area contributed by atoms with Crippen LogP contribution in [0.5, 0.6) is 0 Å². The normalized spacial score (nSPS) is 13.5. The topological polar surface area (TPSA) is 75.9 Å². The van der Waals surface area contributed by atoms with Gasteiger partial charge in [0, 0.05) is 44.5 Å². The number of rotatable bonds is 4. The number of pyridine rings is 1. The summed E-state index contributed by atoms with van der Waals surface area (Å²) < 4.78 is 2.14. The van der Waals surface area contributed by atoms with Gasteiger partial charge < -0.3 is 14.8 Å². The number of amides is 1. The van der Waals surface area contributed by atoms with Crippen LogP contribution in [-0.4, -0.2) is 39.8 Å². The monoisotopic (exact) mass is 410 g/mol. The summed E-state index contributed by atoms with van der Waals surface area (Å²) in [5.74, 6) is 2.31. The zero-order valence-corrected chi connectivity index (χ0v) is 17.3. The van der Waals surface area contributed by atoms with Crippen molar-refractivity contribution >= 4 is 29.0 Å². The Morgan fingerprint density at radius 1 is 1.14 bits per heavy atom. The molecule has 0 bridgehead atoms. The molecule has 1 aliphatic rings. The number of nitrogens with one attached hydrogen (secondary N) is 1. The van der Waals surface area contributed by atoms with Gasteiger partial charge in [-0.3, -0.25) is 4.79 Å². The van der Waals surface area contributed by atoms with E-state index in [1.165, 1.54) is 6.42 Å². The van der Waals surface area contributed by atoms with Crippen molar-refractivity contribution < 1.29 is 4.79 Å². The Hall–Kier alpha value is -2.93. The first kappa shape index (κ1) is 19.4. The highest BCUT2D eigenvalue weighted by Crippen LogP contribution is 2.31. The number of hydrogen-bond acceptors (Lipinski definition) is 5. The van der Waals surface area contributed by atoms with E-state index in [9.17, 15) is 4.79 Å². The molecule has 7 nitrogen and oxygen atoms in total. The first-order valence-electron chi connectivity index (χ1n) is 9.69. The van der Waals surface area contributed by atoms with Gasteiger partial charge in [-0.15, -0.1) is 10.2 Å². The number of aryl methyl sites for hydroxylation is 1. The number of benzene rings is 1. The van der Waals surface area contributed by atoms with E-state index in [0.717, 1.165) is 48.8 Å². The van der Waals surface area contributed by atoms with Crippen LogP contribution in [0.15, 0.2) is 36.5 Å². The number of carbonyl (C=O) groups excluding carboxylic acids is 1. The Kier molecular flexibility index (Phi) is 5.49. The van der Waals surface area contributed by atoms with Crippen molar-refractivity contribution in [3.05, 3.63) is 52.9 Å². The van der Waals surface area contributed by atoms with E-state index in [1.807, 2.05) is 31.1 Å². The molecule has 0 saturated heterocycles. The van der Waals surface area contributed by atoms with Crippen LogP contribution >= 0.6 is 11.6 Å². The van der Waals surface area contributed by atoms with Crippen LogP contribution in [0.4, 0.5) is 11.5 Å². The molecule has 0 radical (unpaired) electrons. The zero-order chi connectivity index (χ0) is 20.4. The fourth-order valence-corrected chi connectivity index (χ4v) is 3.65. The SMILES string of the molecule is CN(C)c1ccc(C(=O)Nc2ccc(Cl)c(-c3nnc4n3CCCCC4)c2)cn1. The zero-order valence-electron chi connectivity index (χ0n) is 16.5. The predicted octanol–water partition coefficient (Wildman–Crippen LogP) is 4.04. The fraction of sp³-hybridized carbons (Fsp3) is 0.333. The molecule has 1 amide bonds. The van der Waals surface area contributed by atoms with Crippen LogP contribution in [0.1, 0.15) is 35.4 Å². The Morgan fingerprint density at radius 2 is 2.00 bits per heavy atom. The number of carbonyl (C=O) groups is 1. The number of hydrogen-bond donors (Lipinski definition) is 1. The largest absolute Gasteiger partial charge is 0.363 e. The van der Waals surface area contributed by atoms with Gasteiger partial charge in [-0.2, -0.15) is 0 Å². The molecule has 0 atom stereocenters. The molecule has 0 fully saturated rings. The summed E-state index contributed by atoms with van der Waals surface area (Å²) in [6.07, 6.45) is 5.91. The van der Waals surface area contributed by atoms with Crippen molar-refractivity contribution in [3.8, 4) is 11.4 Å². The molecule has 3 heterocycles. The fourth-order valence-electron chi connectivity index (χ4n) is 3.45. The lowest BCUT2D eigenvalue weighted by Crippen LogP contribution is -2.14. The molecule has 29 heavy (non-hydrogen) atoms. The van der Waals surface area contributed by atoms with Gasteiger partial charge in [0.25, 0.3) is 5.91 Å². The predicted molar refractivity (Wildman–Crippen MR) is 115 cm³/mol. The van der Waals surface area contributed by atoms with Gasteiger partial charge in [0.05, 0.1) is 10.6 Å². The van der Waals surface area contributed by atoms with Gasteiger partial charge in [-0.25, -0.2) is 4.98 Å². The number of fused-ring (bicyclic) bond motifs is 1. The third-order valence-corrected chi connectivity index (χ3v) is 5.37. The molecule has 2 aromatic heterocycles. The maximum Gasteiger partial charge on any atom is 0.257 e. The van der Waals surface area contributed by atoms with Gasteiger partial charge in [-0.1, -0.05) is 18.0 Å². The number of halogens is 1. The van der Waals surface area contributed by atoms with Gasteiger partial charge in [0.2, 0.25) is 0 Å². The smallest absolute Gasteiger partial charge is 0.257 e. The molecule has 0 aliphatic carbocycles. The van der Waals surface area contributed by atoms with Crippen molar-refractivity contribution in [2.75, 3.05) is 24.3 Å². The van der Waals surface area contributed by atoms with E-state index in [2.05, 4.69) is 25.1 Å².